The van der Waals surface area contributed by atoms with Crippen LogP contribution in [0.25, 0.3) is 0 Å². The van der Waals surface area contributed by atoms with Crippen LogP contribution in [-0.4, -0.2) is 54.8 Å². The molecule has 0 atom stereocenters. The van der Waals surface area contributed by atoms with E-state index in [4.69, 9.17) is 4.74 Å². The largest absolute Gasteiger partial charge is 0.508 e. The van der Waals surface area contributed by atoms with Crippen molar-refractivity contribution in [3.8, 4) is 11.5 Å². The number of guanidine groups is 1. The molecule has 1 aliphatic rings. The Kier molecular flexibility index (Phi) is 10.1. The van der Waals surface area contributed by atoms with Crippen LogP contribution in [0.3, 0.4) is 0 Å². The lowest BCUT2D eigenvalue weighted by Crippen LogP contribution is -2.49. The van der Waals surface area contributed by atoms with Gasteiger partial charge in [0.05, 0.1) is 13.7 Å². The second-order valence-corrected chi connectivity index (χ2v) is 6.74. The van der Waals surface area contributed by atoms with Crippen LogP contribution in [-0.2, 0) is 6.54 Å². The Morgan fingerprint density at radius 1 is 1.35 bits per heavy atom. The van der Waals surface area contributed by atoms with Crippen molar-refractivity contribution in [3.63, 3.8) is 0 Å². The van der Waals surface area contributed by atoms with Gasteiger partial charge in [0.1, 0.15) is 11.5 Å². The summed E-state index contributed by atoms with van der Waals surface area (Å²) >= 11 is 0. The first-order valence-corrected chi connectivity index (χ1v) is 9.18. The average Bonchev–Trinajstić information content (AvgIpc) is 2.61. The maximum absolute atomic E-state index is 10.0. The van der Waals surface area contributed by atoms with Gasteiger partial charge >= 0.3 is 0 Å². The Hall–Kier alpha value is -1.22. The molecule has 0 saturated carbocycles. The van der Waals surface area contributed by atoms with Crippen LogP contribution < -0.4 is 15.4 Å². The summed E-state index contributed by atoms with van der Waals surface area (Å²) in [5.74, 6) is 1.76. The fourth-order valence-corrected chi connectivity index (χ4v) is 3.05. The third-order valence-corrected chi connectivity index (χ3v) is 4.64. The molecule has 0 aliphatic carbocycles. The third-order valence-electron chi connectivity index (χ3n) is 4.64. The molecule has 0 bridgehead atoms. The van der Waals surface area contributed by atoms with Gasteiger partial charge in [-0.2, -0.15) is 0 Å². The van der Waals surface area contributed by atoms with Gasteiger partial charge in [0.25, 0.3) is 0 Å². The number of halogens is 1. The number of aliphatic imine (C=N–C) groups is 1. The summed E-state index contributed by atoms with van der Waals surface area (Å²) in [7, 11) is 1.62. The number of nitrogens with zero attached hydrogens (tertiary/aromatic N) is 2. The predicted octanol–water partition coefficient (Wildman–Crippen LogP) is 2.95. The molecule has 1 heterocycles. The zero-order chi connectivity index (χ0) is 18.2. The zero-order valence-corrected chi connectivity index (χ0v) is 18.6. The SMILES string of the molecule is CCNC(=NCc1cc(OC)ccc1O)NC1CCN(C(C)C)CC1.I. The van der Waals surface area contributed by atoms with E-state index in [1.54, 1.807) is 19.2 Å². The Morgan fingerprint density at radius 2 is 2.04 bits per heavy atom. The highest BCUT2D eigenvalue weighted by Crippen LogP contribution is 2.23. The van der Waals surface area contributed by atoms with Crippen molar-refractivity contribution >= 4 is 29.9 Å². The first kappa shape index (κ1) is 22.8. The number of piperidine rings is 1. The molecule has 6 nitrogen and oxygen atoms in total. The lowest BCUT2D eigenvalue weighted by atomic mass is 10.0. The molecule has 2 rings (SSSR count). The number of ether oxygens (including phenoxy) is 1. The number of nitrogens with one attached hydrogen (secondary N) is 2. The molecule has 1 aliphatic heterocycles. The van der Waals surface area contributed by atoms with E-state index >= 15 is 0 Å². The quantitative estimate of drug-likeness (QED) is 0.335. The average molecular weight is 476 g/mol. The Balaban J connectivity index is 0.00000338. The number of hydrogen-bond acceptors (Lipinski definition) is 4. The highest BCUT2D eigenvalue weighted by atomic mass is 127. The van der Waals surface area contributed by atoms with Crippen molar-refractivity contribution in [3.05, 3.63) is 23.8 Å². The minimum absolute atomic E-state index is 0. The first-order valence-electron chi connectivity index (χ1n) is 9.18. The van der Waals surface area contributed by atoms with Gasteiger partial charge in [0.15, 0.2) is 5.96 Å². The van der Waals surface area contributed by atoms with E-state index in [0.29, 0.717) is 18.6 Å². The smallest absolute Gasteiger partial charge is 0.191 e. The standard InChI is InChI=1S/C19H32N4O2.HI/c1-5-20-19(22-16-8-10-23(11-9-16)14(2)3)21-13-15-12-17(25-4)6-7-18(15)24;/h6-7,12,14,16,24H,5,8-11,13H2,1-4H3,(H2,20,21,22);1H. The van der Waals surface area contributed by atoms with Crippen LogP contribution >= 0.6 is 24.0 Å². The molecule has 26 heavy (non-hydrogen) atoms. The van der Waals surface area contributed by atoms with Crippen molar-refractivity contribution in [2.75, 3.05) is 26.7 Å². The maximum Gasteiger partial charge on any atom is 0.191 e. The number of hydrogen-bond donors (Lipinski definition) is 3. The lowest BCUT2D eigenvalue weighted by Gasteiger charge is -2.35. The zero-order valence-electron chi connectivity index (χ0n) is 16.3. The second-order valence-electron chi connectivity index (χ2n) is 6.74. The number of phenolic OH excluding ortho intramolecular Hbond substituents is 1. The van der Waals surface area contributed by atoms with Gasteiger partial charge in [-0.1, -0.05) is 0 Å². The van der Waals surface area contributed by atoms with E-state index in [-0.39, 0.29) is 29.7 Å². The van der Waals surface area contributed by atoms with E-state index in [2.05, 4.69) is 41.3 Å². The van der Waals surface area contributed by atoms with E-state index in [1.165, 1.54) is 0 Å². The summed E-state index contributed by atoms with van der Waals surface area (Å²) in [5, 5.41) is 16.8. The van der Waals surface area contributed by atoms with Crippen LogP contribution in [0.1, 0.15) is 39.2 Å². The lowest BCUT2D eigenvalue weighted by molar-refractivity contribution is 0.167. The number of phenols is 1. The Bertz CT molecular complexity index is 573. The molecular formula is C19H33IN4O2. The van der Waals surface area contributed by atoms with Crippen molar-refractivity contribution in [2.24, 2.45) is 4.99 Å². The van der Waals surface area contributed by atoms with E-state index in [1.807, 2.05) is 6.07 Å². The summed E-state index contributed by atoms with van der Waals surface area (Å²) in [5.41, 5.74) is 0.756. The van der Waals surface area contributed by atoms with Crippen molar-refractivity contribution in [2.45, 2.75) is 52.2 Å². The monoisotopic (exact) mass is 476 g/mol. The first-order chi connectivity index (χ1) is 12.0. The Labute approximate surface area is 174 Å². The highest BCUT2D eigenvalue weighted by molar-refractivity contribution is 14.0. The van der Waals surface area contributed by atoms with Crippen LogP contribution in [0.5, 0.6) is 11.5 Å². The van der Waals surface area contributed by atoms with Crippen molar-refractivity contribution < 1.29 is 9.84 Å². The van der Waals surface area contributed by atoms with Gasteiger partial charge in [-0.05, 0) is 51.8 Å². The van der Waals surface area contributed by atoms with Gasteiger partial charge in [-0.15, -0.1) is 24.0 Å². The molecule has 1 saturated heterocycles. The highest BCUT2D eigenvalue weighted by Gasteiger charge is 2.21. The molecule has 0 amide bonds. The van der Waals surface area contributed by atoms with E-state index in [9.17, 15) is 5.11 Å². The molecule has 7 heteroatoms. The van der Waals surface area contributed by atoms with Gasteiger partial charge in [-0.3, -0.25) is 0 Å². The minimum Gasteiger partial charge on any atom is -0.508 e. The maximum atomic E-state index is 10.0. The Morgan fingerprint density at radius 3 is 2.62 bits per heavy atom. The molecule has 148 valence electrons. The molecule has 1 aromatic carbocycles. The van der Waals surface area contributed by atoms with Gasteiger partial charge < -0.3 is 25.4 Å². The number of likely N-dealkylation sites (tertiary alicyclic amines) is 1. The minimum atomic E-state index is 0. The summed E-state index contributed by atoms with van der Waals surface area (Å²) in [6, 6.07) is 6.26. The number of methoxy groups -OCH3 is 1. The normalized spacial score (nSPS) is 16.3. The van der Waals surface area contributed by atoms with Crippen molar-refractivity contribution in [1.82, 2.24) is 15.5 Å². The molecule has 1 fully saturated rings. The fourth-order valence-electron chi connectivity index (χ4n) is 3.05. The van der Waals surface area contributed by atoms with Crippen LogP contribution in [0, 0.1) is 0 Å². The predicted molar refractivity (Wildman–Crippen MR) is 118 cm³/mol. The van der Waals surface area contributed by atoms with E-state index < -0.39 is 0 Å². The summed E-state index contributed by atoms with van der Waals surface area (Å²) in [6.07, 6.45) is 2.24. The number of rotatable bonds is 6. The fraction of sp³-hybridized carbons (Fsp3) is 0.632. The van der Waals surface area contributed by atoms with Gasteiger partial charge in [-0.25, -0.2) is 4.99 Å². The molecule has 0 radical (unpaired) electrons. The number of aromatic hydroxyl groups is 1. The summed E-state index contributed by atoms with van der Waals surface area (Å²) in [6.45, 7) is 10.0. The van der Waals surface area contributed by atoms with Gasteiger partial charge in [0.2, 0.25) is 0 Å². The molecular weight excluding hydrogens is 443 g/mol. The van der Waals surface area contributed by atoms with Crippen LogP contribution in [0.15, 0.2) is 23.2 Å². The molecule has 1 aromatic rings. The second kappa shape index (κ2) is 11.5. The summed E-state index contributed by atoms with van der Waals surface area (Å²) < 4.78 is 5.22. The molecule has 3 N–H and O–H groups in total. The van der Waals surface area contributed by atoms with Gasteiger partial charge in [0, 0.05) is 37.3 Å². The molecule has 0 unspecified atom stereocenters. The topological polar surface area (TPSA) is 69.1 Å². The van der Waals surface area contributed by atoms with E-state index in [0.717, 1.165) is 49.7 Å². The number of benzene rings is 1. The van der Waals surface area contributed by atoms with Crippen molar-refractivity contribution in [1.29, 1.82) is 0 Å². The third kappa shape index (κ3) is 6.83. The molecule has 0 spiro atoms. The van der Waals surface area contributed by atoms with Crippen LogP contribution in [0.2, 0.25) is 0 Å². The molecule has 0 aromatic heterocycles. The van der Waals surface area contributed by atoms with Crippen LogP contribution in [0.4, 0.5) is 0 Å². The summed E-state index contributed by atoms with van der Waals surface area (Å²) in [4.78, 5) is 7.14.